The number of hydrogen-bond donors (Lipinski definition) is 8. The molecule has 0 aliphatic rings. The molecular weight excluding hydrogens is 374 g/mol. The van der Waals surface area contributed by atoms with Crippen LogP contribution in [0.4, 0.5) is 0 Å². The average molecular weight is 403 g/mol. The molecule has 4 unspecified atom stereocenters. The van der Waals surface area contributed by atoms with Gasteiger partial charge < -0.3 is 43.4 Å². The van der Waals surface area contributed by atoms with Crippen molar-refractivity contribution >= 4 is 29.7 Å². The summed E-state index contributed by atoms with van der Waals surface area (Å²) in [6.07, 6.45) is 0.383. The van der Waals surface area contributed by atoms with Crippen LogP contribution in [0.1, 0.15) is 26.7 Å². The molecule has 13 heteroatoms. The van der Waals surface area contributed by atoms with Crippen LogP contribution in [0.25, 0.3) is 0 Å². The second-order valence-corrected chi connectivity index (χ2v) is 6.11. The van der Waals surface area contributed by atoms with Crippen molar-refractivity contribution in [3.8, 4) is 0 Å². The van der Waals surface area contributed by atoms with Crippen molar-refractivity contribution in [1.82, 2.24) is 16.0 Å². The van der Waals surface area contributed by atoms with Gasteiger partial charge in [0.05, 0.1) is 12.6 Å². The summed E-state index contributed by atoms with van der Waals surface area (Å²) in [5.74, 6) is -3.63. The molecule has 0 aromatic rings. The molecule has 0 rings (SSSR count). The number of guanidine groups is 1. The van der Waals surface area contributed by atoms with E-state index in [-0.39, 0.29) is 18.9 Å². The summed E-state index contributed by atoms with van der Waals surface area (Å²) in [5, 5.41) is 25.1. The van der Waals surface area contributed by atoms with E-state index in [2.05, 4.69) is 20.9 Å². The number of hydrogen-bond acceptors (Lipinski definition) is 7. The van der Waals surface area contributed by atoms with E-state index in [1.54, 1.807) is 0 Å². The topological polar surface area (TPSA) is 235 Å². The predicted octanol–water partition coefficient (Wildman–Crippen LogP) is -4.06. The molecule has 0 aromatic heterocycles. The van der Waals surface area contributed by atoms with Gasteiger partial charge in [-0.25, -0.2) is 0 Å². The van der Waals surface area contributed by atoms with Gasteiger partial charge in [-0.15, -0.1) is 0 Å². The molecule has 13 nitrogen and oxygen atoms in total. The number of aliphatic carboxylic acids is 1. The van der Waals surface area contributed by atoms with E-state index in [9.17, 15) is 24.3 Å². The number of aliphatic hydroxyl groups excluding tert-OH is 1. The number of carboxylic acid groups (broad SMARTS) is 1. The number of aliphatic imine (C=N–C) groups is 1. The number of carbonyl (C=O) groups excluding carboxylic acids is 3. The van der Waals surface area contributed by atoms with Gasteiger partial charge in [0, 0.05) is 6.54 Å². The third kappa shape index (κ3) is 9.68. The fourth-order valence-electron chi connectivity index (χ4n) is 1.92. The number of nitrogens with zero attached hydrogens (tertiary/aromatic N) is 1. The van der Waals surface area contributed by atoms with E-state index in [1.807, 2.05) is 0 Å². The highest BCUT2D eigenvalue weighted by molar-refractivity contribution is 5.94. The van der Waals surface area contributed by atoms with Gasteiger partial charge in [-0.3, -0.25) is 24.2 Å². The number of amides is 3. The van der Waals surface area contributed by atoms with Crippen LogP contribution in [0.3, 0.4) is 0 Å². The lowest BCUT2D eigenvalue weighted by atomic mass is 10.1. The summed E-state index contributed by atoms with van der Waals surface area (Å²) in [5.41, 5.74) is 15.8. The lowest BCUT2D eigenvalue weighted by Gasteiger charge is -2.23. The Labute approximate surface area is 162 Å². The Balaban J connectivity index is 5.12. The van der Waals surface area contributed by atoms with Gasteiger partial charge in [-0.05, 0) is 26.7 Å². The second kappa shape index (κ2) is 12.5. The van der Waals surface area contributed by atoms with Crippen molar-refractivity contribution in [3.63, 3.8) is 0 Å². The molecule has 0 heterocycles. The summed E-state index contributed by atoms with van der Waals surface area (Å²) in [4.78, 5) is 50.9. The number of aliphatic hydroxyl groups is 1. The molecule has 11 N–H and O–H groups in total. The third-order valence-corrected chi connectivity index (χ3v) is 3.54. The van der Waals surface area contributed by atoms with Crippen LogP contribution < -0.4 is 33.2 Å². The van der Waals surface area contributed by atoms with Gasteiger partial charge in [-0.1, -0.05) is 0 Å². The highest BCUT2D eigenvalue weighted by atomic mass is 16.4. The fraction of sp³-hybridized carbons (Fsp3) is 0.667. The minimum atomic E-state index is -1.33. The van der Waals surface area contributed by atoms with E-state index < -0.39 is 54.5 Å². The van der Waals surface area contributed by atoms with Crippen molar-refractivity contribution in [2.75, 3.05) is 13.2 Å². The van der Waals surface area contributed by atoms with E-state index in [0.717, 1.165) is 0 Å². The quantitative estimate of drug-likeness (QED) is 0.0897. The summed E-state index contributed by atoms with van der Waals surface area (Å²) in [7, 11) is 0. The average Bonchev–Trinajstić information content (AvgIpc) is 2.60. The minimum Gasteiger partial charge on any atom is -0.480 e. The van der Waals surface area contributed by atoms with E-state index >= 15 is 0 Å². The zero-order chi connectivity index (χ0) is 21.9. The number of nitrogens with two attached hydrogens (primary N) is 3. The summed E-state index contributed by atoms with van der Waals surface area (Å²) < 4.78 is 0. The standard InChI is InChI=1S/C15H29N7O6/c1-7(16)11(24)22-10(6-23)13(26)21-9(4-3-5-19-15(17)18)12(25)20-8(2)14(27)28/h7-10,23H,3-6,16H2,1-2H3,(H,20,25)(H,21,26)(H,22,24)(H,27,28)(H4,17,18,19). The van der Waals surface area contributed by atoms with Gasteiger partial charge in [-0.2, -0.15) is 0 Å². The van der Waals surface area contributed by atoms with Crippen molar-refractivity contribution in [2.45, 2.75) is 50.9 Å². The first-order valence-corrected chi connectivity index (χ1v) is 8.55. The molecule has 0 aliphatic carbocycles. The lowest BCUT2D eigenvalue weighted by Crippen LogP contribution is -2.57. The zero-order valence-corrected chi connectivity index (χ0v) is 15.8. The molecule has 0 aromatic carbocycles. The highest BCUT2D eigenvalue weighted by Crippen LogP contribution is 2.01. The molecule has 0 saturated carbocycles. The van der Waals surface area contributed by atoms with E-state index in [0.29, 0.717) is 6.42 Å². The zero-order valence-electron chi connectivity index (χ0n) is 15.8. The summed E-state index contributed by atoms with van der Waals surface area (Å²) >= 11 is 0. The summed E-state index contributed by atoms with van der Waals surface area (Å²) in [6.45, 7) is 2.12. The van der Waals surface area contributed by atoms with Gasteiger partial charge in [0.25, 0.3) is 0 Å². The monoisotopic (exact) mass is 403 g/mol. The van der Waals surface area contributed by atoms with Gasteiger partial charge in [0.2, 0.25) is 17.7 Å². The van der Waals surface area contributed by atoms with Crippen molar-refractivity contribution in [3.05, 3.63) is 0 Å². The number of nitrogens with one attached hydrogen (secondary N) is 3. The molecule has 0 radical (unpaired) electrons. The van der Waals surface area contributed by atoms with Gasteiger partial charge in [0.15, 0.2) is 5.96 Å². The first-order chi connectivity index (χ1) is 13.0. The summed E-state index contributed by atoms with van der Waals surface area (Å²) in [6, 6.07) is -4.55. The minimum absolute atomic E-state index is 0.0834. The van der Waals surface area contributed by atoms with Crippen LogP contribution >= 0.6 is 0 Å². The fourth-order valence-corrected chi connectivity index (χ4v) is 1.92. The van der Waals surface area contributed by atoms with Crippen LogP contribution in [0.5, 0.6) is 0 Å². The van der Waals surface area contributed by atoms with Gasteiger partial charge in [0.1, 0.15) is 18.1 Å². The molecule has 28 heavy (non-hydrogen) atoms. The van der Waals surface area contributed by atoms with E-state index in [4.69, 9.17) is 22.3 Å². The van der Waals surface area contributed by atoms with Crippen molar-refractivity contribution in [2.24, 2.45) is 22.2 Å². The molecule has 0 fully saturated rings. The molecular formula is C15H29N7O6. The molecule has 0 bridgehead atoms. The Hall–Kier alpha value is -2.93. The molecule has 4 atom stereocenters. The largest absolute Gasteiger partial charge is 0.480 e. The third-order valence-electron chi connectivity index (χ3n) is 3.54. The Kier molecular flexibility index (Phi) is 11.2. The van der Waals surface area contributed by atoms with Crippen molar-refractivity contribution in [1.29, 1.82) is 0 Å². The molecule has 160 valence electrons. The van der Waals surface area contributed by atoms with Gasteiger partial charge >= 0.3 is 5.97 Å². The molecule has 0 aliphatic heterocycles. The molecule has 3 amide bonds. The van der Waals surface area contributed by atoms with Crippen LogP contribution in [-0.4, -0.2) is 77.2 Å². The maximum Gasteiger partial charge on any atom is 0.325 e. The number of carboxylic acids is 1. The highest BCUT2D eigenvalue weighted by Gasteiger charge is 2.28. The normalized spacial score (nSPS) is 14.7. The van der Waals surface area contributed by atoms with Crippen LogP contribution in [-0.2, 0) is 19.2 Å². The smallest absolute Gasteiger partial charge is 0.325 e. The first-order valence-electron chi connectivity index (χ1n) is 8.55. The lowest BCUT2D eigenvalue weighted by molar-refractivity contribution is -0.141. The number of carbonyl (C=O) groups is 4. The van der Waals surface area contributed by atoms with Crippen molar-refractivity contribution < 1.29 is 29.4 Å². The maximum absolute atomic E-state index is 12.3. The molecule has 0 spiro atoms. The maximum atomic E-state index is 12.3. The Bertz CT molecular complexity index is 591. The molecule has 0 saturated heterocycles. The van der Waals surface area contributed by atoms with Crippen LogP contribution in [0, 0.1) is 0 Å². The van der Waals surface area contributed by atoms with Crippen LogP contribution in [0.15, 0.2) is 4.99 Å². The Morgan fingerprint density at radius 3 is 1.96 bits per heavy atom. The van der Waals surface area contributed by atoms with E-state index in [1.165, 1.54) is 13.8 Å². The first kappa shape index (κ1) is 25.1. The SMILES string of the molecule is CC(N)C(=O)NC(CO)C(=O)NC(CCCN=C(N)N)C(=O)NC(C)C(=O)O. The Morgan fingerprint density at radius 2 is 1.50 bits per heavy atom. The predicted molar refractivity (Wildman–Crippen MR) is 99.7 cm³/mol. The second-order valence-electron chi connectivity index (χ2n) is 6.11. The Morgan fingerprint density at radius 1 is 0.964 bits per heavy atom. The van der Waals surface area contributed by atoms with Crippen LogP contribution in [0.2, 0.25) is 0 Å². The number of rotatable bonds is 12.